The molecule has 1 fully saturated rings. The first-order chi connectivity index (χ1) is 13.8. The molecule has 1 amide bonds. The minimum Gasteiger partial charge on any atom is -0.352 e. The maximum Gasteiger partial charge on any atom is 0.223 e. The number of hydrogen-bond donors (Lipinski definition) is 2. The number of imidazole rings is 1. The number of piperidine rings is 1. The van der Waals surface area contributed by atoms with E-state index in [1.807, 2.05) is 24.7 Å². The molecule has 0 unspecified atom stereocenters. The highest BCUT2D eigenvalue weighted by atomic mass is 16.1. The monoisotopic (exact) mass is 374 g/mol. The SMILES string of the molecule is O=C(NCc1ccccc1-c1ccc(Cn2ccnc2)cc1)C1CCNCC1. The van der Waals surface area contributed by atoms with Crippen LogP contribution in [0.5, 0.6) is 0 Å². The lowest BCUT2D eigenvalue weighted by Crippen LogP contribution is -2.37. The third kappa shape index (κ3) is 4.49. The van der Waals surface area contributed by atoms with Crippen LogP contribution in [-0.2, 0) is 17.9 Å². The van der Waals surface area contributed by atoms with E-state index in [1.165, 1.54) is 16.7 Å². The van der Waals surface area contributed by atoms with Gasteiger partial charge in [-0.05, 0) is 48.2 Å². The first-order valence-electron chi connectivity index (χ1n) is 9.91. The van der Waals surface area contributed by atoms with Crippen LogP contribution in [0.25, 0.3) is 11.1 Å². The van der Waals surface area contributed by atoms with Gasteiger partial charge in [-0.1, -0.05) is 48.5 Å². The lowest BCUT2D eigenvalue weighted by Gasteiger charge is -2.22. The molecule has 2 heterocycles. The van der Waals surface area contributed by atoms with E-state index in [1.54, 1.807) is 6.20 Å². The van der Waals surface area contributed by atoms with Crippen LogP contribution < -0.4 is 10.6 Å². The standard InChI is InChI=1S/C23H26N4O/c28-23(20-9-11-24-12-10-20)26-15-21-3-1-2-4-22(21)19-7-5-18(6-8-19)16-27-14-13-25-17-27/h1-8,13-14,17,20,24H,9-12,15-16H2,(H,26,28). The Bertz CT molecular complexity index is 897. The maximum atomic E-state index is 12.5. The van der Waals surface area contributed by atoms with Gasteiger partial charge in [0, 0.05) is 31.4 Å². The van der Waals surface area contributed by atoms with Crippen LogP contribution in [0.3, 0.4) is 0 Å². The predicted octanol–water partition coefficient (Wildman–Crippen LogP) is 3.21. The smallest absolute Gasteiger partial charge is 0.223 e. The Morgan fingerprint density at radius 1 is 1.11 bits per heavy atom. The molecule has 5 heteroatoms. The summed E-state index contributed by atoms with van der Waals surface area (Å²) < 4.78 is 2.05. The molecule has 4 rings (SSSR count). The van der Waals surface area contributed by atoms with Gasteiger partial charge in [0.05, 0.1) is 6.33 Å². The Morgan fingerprint density at radius 2 is 1.89 bits per heavy atom. The van der Waals surface area contributed by atoms with Crippen molar-refractivity contribution >= 4 is 5.91 Å². The molecular formula is C23H26N4O. The highest BCUT2D eigenvalue weighted by Crippen LogP contribution is 2.24. The minimum atomic E-state index is 0.135. The molecule has 144 valence electrons. The Morgan fingerprint density at radius 3 is 2.64 bits per heavy atom. The number of benzene rings is 2. The van der Waals surface area contributed by atoms with Gasteiger partial charge in [0.2, 0.25) is 5.91 Å². The van der Waals surface area contributed by atoms with Crippen molar-refractivity contribution in [1.82, 2.24) is 20.2 Å². The van der Waals surface area contributed by atoms with Gasteiger partial charge in [-0.3, -0.25) is 4.79 Å². The normalized spacial score (nSPS) is 14.7. The largest absolute Gasteiger partial charge is 0.352 e. The number of hydrogen-bond acceptors (Lipinski definition) is 3. The van der Waals surface area contributed by atoms with Crippen molar-refractivity contribution in [1.29, 1.82) is 0 Å². The molecular weight excluding hydrogens is 348 g/mol. The lowest BCUT2D eigenvalue weighted by atomic mass is 9.96. The molecule has 2 N–H and O–H groups in total. The second-order valence-corrected chi connectivity index (χ2v) is 7.33. The summed E-state index contributed by atoms with van der Waals surface area (Å²) in [4.78, 5) is 16.6. The summed E-state index contributed by atoms with van der Waals surface area (Å²) in [6.45, 7) is 3.24. The van der Waals surface area contributed by atoms with E-state index in [0.717, 1.165) is 38.0 Å². The quantitative estimate of drug-likeness (QED) is 0.697. The summed E-state index contributed by atoms with van der Waals surface area (Å²) in [7, 11) is 0. The zero-order valence-corrected chi connectivity index (χ0v) is 16.0. The number of amides is 1. The highest BCUT2D eigenvalue weighted by Gasteiger charge is 2.20. The summed E-state index contributed by atoms with van der Waals surface area (Å²) in [5, 5.41) is 6.45. The molecule has 0 spiro atoms. The summed E-state index contributed by atoms with van der Waals surface area (Å²) in [5.41, 5.74) is 4.72. The Balaban J connectivity index is 1.44. The third-order valence-corrected chi connectivity index (χ3v) is 5.37. The molecule has 0 aliphatic carbocycles. The molecule has 5 nitrogen and oxygen atoms in total. The van der Waals surface area contributed by atoms with Gasteiger partial charge in [0.15, 0.2) is 0 Å². The molecule has 1 saturated heterocycles. The average Bonchev–Trinajstić information content (AvgIpc) is 3.26. The topological polar surface area (TPSA) is 59.0 Å². The van der Waals surface area contributed by atoms with Gasteiger partial charge >= 0.3 is 0 Å². The van der Waals surface area contributed by atoms with Crippen molar-refractivity contribution < 1.29 is 4.79 Å². The van der Waals surface area contributed by atoms with Gasteiger partial charge in [-0.2, -0.15) is 0 Å². The summed E-state index contributed by atoms with van der Waals surface area (Å²) >= 11 is 0. The van der Waals surface area contributed by atoms with Crippen LogP contribution in [-0.4, -0.2) is 28.5 Å². The van der Waals surface area contributed by atoms with E-state index in [9.17, 15) is 4.79 Å². The zero-order chi connectivity index (χ0) is 19.2. The average molecular weight is 374 g/mol. The van der Waals surface area contributed by atoms with Crippen molar-refractivity contribution in [2.24, 2.45) is 5.92 Å². The maximum absolute atomic E-state index is 12.5. The van der Waals surface area contributed by atoms with E-state index in [4.69, 9.17) is 0 Å². The molecule has 0 bridgehead atoms. The zero-order valence-electron chi connectivity index (χ0n) is 16.0. The van der Waals surface area contributed by atoms with Gasteiger partial charge in [0.1, 0.15) is 0 Å². The lowest BCUT2D eigenvalue weighted by molar-refractivity contribution is -0.125. The number of carbonyl (C=O) groups is 1. The fourth-order valence-corrected chi connectivity index (χ4v) is 3.75. The first kappa shape index (κ1) is 18.4. The van der Waals surface area contributed by atoms with E-state index in [0.29, 0.717) is 6.54 Å². The molecule has 28 heavy (non-hydrogen) atoms. The third-order valence-electron chi connectivity index (χ3n) is 5.37. The fraction of sp³-hybridized carbons (Fsp3) is 0.304. The van der Waals surface area contributed by atoms with Crippen molar-refractivity contribution in [3.8, 4) is 11.1 Å². The van der Waals surface area contributed by atoms with E-state index >= 15 is 0 Å². The molecule has 3 aromatic rings. The van der Waals surface area contributed by atoms with E-state index in [2.05, 4.69) is 56.6 Å². The van der Waals surface area contributed by atoms with E-state index in [-0.39, 0.29) is 11.8 Å². The van der Waals surface area contributed by atoms with Gasteiger partial charge in [-0.15, -0.1) is 0 Å². The molecule has 0 radical (unpaired) electrons. The summed E-state index contributed by atoms with van der Waals surface area (Å²) in [6, 6.07) is 16.9. The summed E-state index contributed by atoms with van der Waals surface area (Å²) in [5.74, 6) is 0.308. The van der Waals surface area contributed by atoms with E-state index < -0.39 is 0 Å². The fourth-order valence-electron chi connectivity index (χ4n) is 3.75. The Labute approximate surface area is 165 Å². The first-order valence-corrected chi connectivity index (χ1v) is 9.91. The second-order valence-electron chi connectivity index (χ2n) is 7.33. The van der Waals surface area contributed by atoms with Crippen molar-refractivity contribution in [3.05, 3.63) is 78.4 Å². The van der Waals surface area contributed by atoms with Crippen LogP contribution in [0.2, 0.25) is 0 Å². The van der Waals surface area contributed by atoms with Crippen LogP contribution in [0, 0.1) is 5.92 Å². The van der Waals surface area contributed by atoms with Gasteiger partial charge < -0.3 is 15.2 Å². The summed E-state index contributed by atoms with van der Waals surface area (Å²) in [6.07, 6.45) is 7.43. The van der Waals surface area contributed by atoms with Crippen molar-refractivity contribution in [2.75, 3.05) is 13.1 Å². The Kier molecular flexibility index (Phi) is 5.83. The van der Waals surface area contributed by atoms with Crippen LogP contribution in [0.1, 0.15) is 24.0 Å². The molecule has 1 aromatic heterocycles. The Hall–Kier alpha value is -2.92. The van der Waals surface area contributed by atoms with Crippen molar-refractivity contribution in [2.45, 2.75) is 25.9 Å². The molecule has 0 saturated carbocycles. The van der Waals surface area contributed by atoms with Crippen LogP contribution >= 0.6 is 0 Å². The predicted molar refractivity (Wildman–Crippen MR) is 111 cm³/mol. The second kappa shape index (κ2) is 8.85. The van der Waals surface area contributed by atoms with Crippen LogP contribution in [0.4, 0.5) is 0 Å². The number of rotatable bonds is 6. The van der Waals surface area contributed by atoms with Crippen LogP contribution in [0.15, 0.2) is 67.3 Å². The number of carbonyl (C=O) groups excluding carboxylic acids is 1. The van der Waals surface area contributed by atoms with Crippen molar-refractivity contribution in [3.63, 3.8) is 0 Å². The minimum absolute atomic E-state index is 0.135. The van der Waals surface area contributed by atoms with Gasteiger partial charge in [-0.25, -0.2) is 4.98 Å². The molecule has 1 aliphatic rings. The molecule has 1 aliphatic heterocycles. The molecule has 2 aromatic carbocycles. The van der Waals surface area contributed by atoms with Gasteiger partial charge in [0.25, 0.3) is 0 Å². The number of aromatic nitrogens is 2. The highest BCUT2D eigenvalue weighted by molar-refractivity contribution is 5.79. The number of nitrogens with zero attached hydrogens (tertiary/aromatic N) is 2. The molecule has 0 atom stereocenters. The number of nitrogens with one attached hydrogen (secondary N) is 2.